The number of nitrogens with one attached hydrogen (secondary N) is 2. The summed E-state index contributed by atoms with van der Waals surface area (Å²) in [6, 6.07) is 5.25. The Labute approximate surface area is 215 Å². The first-order chi connectivity index (χ1) is 18.0. The summed E-state index contributed by atoms with van der Waals surface area (Å²) in [7, 11) is 1.59. The van der Waals surface area contributed by atoms with Crippen molar-refractivity contribution in [2.75, 3.05) is 48.9 Å². The van der Waals surface area contributed by atoms with Crippen LogP contribution in [-0.2, 0) is 22.4 Å². The summed E-state index contributed by atoms with van der Waals surface area (Å²) >= 11 is 0. The molecule has 0 aliphatic carbocycles. The zero-order valence-corrected chi connectivity index (χ0v) is 20.9. The van der Waals surface area contributed by atoms with Crippen LogP contribution in [0.3, 0.4) is 0 Å². The first-order valence-corrected chi connectivity index (χ1v) is 12.0. The summed E-state index contributed by atoms with van der Waals surface area (Å²) in [5.41, 5.74) is 3.83. The number of rotatable bonds is 8. The summed E-state index contributed by atoms with van der Waals surface area (Å²) in [4.78, 5) is 37.6. The fraction of sp³-hybridized carbons (Fsp3) is 0.346. The number of hydrogen-bond donors (Lipinski definition) is 2. The van der Waals surface area contributed by atoms with Crippen LogP contribution in [0.15, 0.2) is 42.6 Å². The van der Waals surface area contributed by atoms with Crippen molar-refractivity contribution in [2.24, 2.45) is 0 Å². The maximum absolute atomic E-state index is 13.2. The van der Waals surface area contributed by atoms with E-state index < -0.39 is 6.03 Å². The third-order valence-electron chi connectivity index (χ3n) is 6.11. The van der Waals surface area contributed by atoms with E-state index in [4.69, 9.17) is 9.47 Å². The second-order valence-corrected chi connectivity index (χ2v) is 8.61. The quantitative estimate of drug-likeness (QED) is 0.411. The van der Waals surface area contributed by atoms with Gasteiger partial charge in [-0.2, -0.15) is 5.26 Å². The van der Waals surface area contributed by atoms with Crippen LogP contribution in [0.5, 0.6) is 0 Å². The Morgan fingerprint density at radius 2 is 2.24 bits per heavy atom. The molecular formula is C26H29N7O4. The highest BCUT2D eigenvalue weighted by Crippen LogP contribution is 2.29. The van der Waals surface area contributed by atoms with Crippen LogP contribution >= 0.6 is 0 Å². The first kappa shape index (κ1) is 25.7. The Kier molecular flexibility index (Phi) is 8.33. The second kappa shape index (κ2) is 12.0. The fourth-order valence-corrected chi connectivity index (χ4v) is 4.18. The number of hydrogen-bond acceptors (Lipinski definition) is 9. The predicted octanol–water partition coefficient (Wildman–Crippen LogP) is 3.41. The summed E-state index contributed by atoms with van der Waals surface area (Å²) < 4.78 is 10.3. The Hall–Kier alpha value is -4.43. The van der Waals surface area contributed by atoms with E-state index in [1.165, 1.54) is 11.1 Å². The van der Waals surface area contributed by atoms with Crippen LogP contribution in [0.4, 0.5) is 22.1 Å². The number of urea groups is 1. The molecule has 2 aliphatic rings. The molecule has 0 saturated carbocycles. The number of amides is 2. The summed E-state index contributed by atoms with van der Waals surface area (Å²) in [5.74, 6) is 0.759. The van der Waals surface area contributed by atoms with Gasteiger partial charge in [-0.3, -0.25) is 15.0 Å². The van der Waals surface area contributed by atoms with Crippen LogP contribution in [0.1, 0.15) is 40.5 Å². The average Bonchev–Trinajstić information content (AvgIpc) is 3.11. The number of nitriles is 1. The minimum atomic E-state index is -0.410. The molecule has 0 radical (unpaired) electrons. The lowest BCUT2D eigenvalue weighted by Gasteiger charge is -2.30. The molecule has 0 spiro atoms. The van der Waals surface area contributed by atoms with Gasteiger partial charge in [-0.1, -0.05) is 0 Å². The van der Waals surface area contributed by atoms with E-state index >= 15 is 0 Å². The lowest BCUT2D eigenvalue weighted by atomic mass is 10.0. The van der Waals surface area contributed by atoms with Gasteiger partial charge < -0.3 is 19.7 Å². The molecule has 192 valence electrons. The smallest absolute Gasteiger partial charge is 0.328 e. The van der Waals surface area contributed by atoms with E-state index in [1.54, 1.807) is 25.7 Å². The van der Waals surface area contributed by atoms with Crippen molar-refractivity contribution < 1.29 is 19.1 Å². The first-order valence-electron chi connectivity index (χ1n) is 12.0. The summed E-state index contributed by atoms with van der Waals surface area (Å²) in [6.07, 6.45) is 8.84. The summed E-state index contributed by atoms with van der Waals surface area (Å²) in [5, 5.41) is 15.3. The van der Waals surface area contributed by atoms with Crippen molar-refractivity contribution in [2.45, 2.75) is 26.3 Å². The number of aryl methyl sites for hydroxylation is 1. The molecule has 2 aromatic heterocycles. The van der Waals surface area contributed by atoms with Gasteiger partial charge in [0.15, 0.2) is 6.29 Å². The van der Waals surface area contributed by atoms with Gasteiger partial charge in [-0.25, -0.2) is 14.8 Å². The van der Waals surface area contributed by atoms with Crippen LogP contribution in [0.2, 0.25) is 0 Å². The molecular weight excluding hydrogens is 474 g/mol. The number of fused-ring (bicyclic) bond motifs is 1. The van der Waals surface area contributed by atoms with E-state index in [9.17, 15) is 14.9 Å². The minimum absolute atomic E-state index is 0.293. The van der Waals surface area contributed by atoms with Gasteiger partial charge in [0.05, 0.1) is 24.1 Å². The van der Waals surface area contributed by atoms with E-state index in [1.807, 2.05) is 19.1 Å². The minimum Gasteiger partial charge on any atom is -0.471 e. The molecule has 0 bridgehead atoms. The van der Waals surface area contributed by atoms with Gasteiger partial charge in [0.2, 0.25) is 0 Å². The van der Waals surface area contributed by atoms with Crippen molar-refractivity contribution in [1.82, 2.24) is 14.9 Å². The van der Waals surface area contributed by atoms with E-state index in [0.29, 0.717) is 61.4 Å². The van der Waals surface area contributed by atoms with E-state index in [0.717, 1.165) is 36.0 Å². The van der Waals surface area contributed by atoms with Crippen LogP contribution in [0, 0.1) is 11.3 Å². The third-order valence-corrected chi connectivity index (χ3v) is 6.11. The number of allylic oxidation sites excluding steroid dienone is 1. The Balaban J connectivity index is 1.55. The van der Waals surface area contributed by atoms with Crippen molar-refractivity contribution in [3.8, 4) is 6.07 Å². The number of aromatic nitrogens is 2. The van der Waals surface area contributed by atoms with Gasteiger partial charge in [0, 0.05) is 56.8 Å². The highest BCUT2D eigenvalue weighted by Gasteiger charge is 2.27. The van der Waals surface area contributed by atoms with Crippen LogP contribution < -0.4 is 15.5 Å². The van der Waals surface area contributed by atoms with Crippen molar-refractivity contribution in [1.29, 1.82) is 5.26 Å². The van der Waals surface area contributed by atoms with Crippen molar-refractivity contribution in [3.63, 3.8) is 0 Å². The van der Waals surface area contributed by atoms with Gasteiger partial charge >= 0.3 is 6.03 Å². The van der Waals surface area contributed by atoms with Crippen molar-refractivity contribution in [3.05, 3.63) is 65.0 Å². The molecule has 0 fully saturated rings. The SMILES string of the molecule is COCCNc1cc(NC(=O)N2CCCc3cc(CN4CC=COC=C4C)c(C=O)nc32)ncc1C#N. The van der Waals surface area contributed by atoms with Gasteiger partial charge in [0.25, 0.3) is 0 Å². The number of carbonyl (C=O) groups excluding carboxylic acids is 2. The zero-order chi connectivity index (χ0) is 26.2. The molecule has 2 amide bonds. The monoisotopic (exact) mass is 503 g/mol. The lowest BCUT2D eigenvalue weighted by molar-refractivity contribution is 0.111. The topological polar surface area (TPSA) is 133 Å². The molecule has 4 rings (SSSR count). The Bertz CT molecular complexity index is 1270. The highest BCUT2D eigenvalue weighted by atomic mass is 16.5. The number of pyridine rings is 2. The normalized spacial score (nSPS) is 14.6. The molecule has 0 atom stereocenters. The average molecular weight is 504 g/mol. The zero-order valence-electron chi connectivity index (χ0n) is 20.9. The molecule has 37 heavy (non-hydrogen) atoms. The third kappa shape index (κ3) is 6.05. The Morgan fingerprint density at radius 1 is 1.38 bits per heavy atom. The second-order valence-electron chi connectivity index (χ2n) is 8.61. The molecule has 2 aromatic rings. The van der Waals surface area contributed by atoms with E-state index in [2.05, 4.69) is 31.6 Å². The molecule has 4 heterocycles. The van der Waals surface area contributed by atoms with Gasteiger partial charge in [0.1, 0.15) is 29.7 Å². The van der Waals surface area contributed by atoms with Crippen LogP contribution in [-0.4, -0.2) is 60.5 Å². The van der Waals surface area contributed by atoms with Gasteiger partial charge in [-0.15, -0.1) is 0 Å². The maximum atomic E-state index is 13.2. The number of methoxy groups -OCH3 is 1. The molecule has 2 N–H and O–H groups in total. The Morgan fingerprint density at radius 3 is 3.03 bits per heavy atom. The largest absolute Gasteiger partial charge is 0.471 e. The lowest BCUT2D eigenvalue weighted by Crippen LogP contribution is -2.40. The highest BCUT2D eigenvalue weighted by molar-refractivity contribution is 6.01. The maximum Gasteiger partial charge on any atom is 0.328 e. The summed E-state index contributed by atoms with van der Waals surface area (Å²) in [6.45, 7) is 4.50. The number of aldehydes is 1. The molecule has 0 aromatic carbocycles. The number of anilines is 3. The fourth-order valence-electron chi connectivity index (χ4n) is 4.18. The molecule has 0 saturated heterocycles. The van der Waals surface area contributed by atoms with Crippen molar-refractivity contribution >= 4 is 29.6 Å². The molecule has 0 unspecified atom stereocenters. The molecule has 11 nitrogen and oxygen atoms in total. The van der Waals surface area contributed by atoms with Gasteiger partial charge in [-0.05, 0) is 37.5 Å². The predicted molar refractivity (Wildman–Crippen MR) is 138 cm³/mol. The molecule has 11 heteroatoms. The number of ether oxygens (including phenoxy) is 2. The molecule has 2 aliphatic heterocycles. The standard InChI is InChI=1S/C26H29N7O4/c1-18-17-37-9-4-7-32(18)15-20-11-19-5-3-8-33(25(19)30-23(20)16-34)26(35)31-24-12-22(28-6-10-36-2)21(13-27)14-29-24/h4,9,11-12,14,16-17H,3,5-8,10,15H2,1-2H3,(H2,28,29,31,35). The number of nitrogens with zero attached hydrogens (tertiary/aromatic N) is 5. The van der Waals surface area contributed by atoms with E-state index in [-0.39, 0.29) is 0 Å². The van der Waals surface area contributed by atoms with Crippen LogP contribution in [0.25, 0.3) is 0 Å². The number of carbonyl (C=O) groups is 2.